The largest absolute Gasteiger partial charge is 0.458 e. The van der Waals surface area contributed by atoms with E-state index in [-0.39, 0.29) is 12.2 Å². The lowest BCUT2D eigenvalue weighted by atomic mass is 9.97. The van der Waals surface area contributed by atoms with Gasteiger partial charge in [0, 0.05) is 16.5 Å². The Morgan fingerprint density at radius 1 is 1.21 bits per heavy atom. The fraction of sp³-hybridized carbons (Fsp3) is 0.318. The second kappa shape index (κ2) is 6.87. The molecule has 2 aliphatic rings. The number of benzene rings is 1. The molecule has 0 amide bonds. The number of esters is 1. The first-order valence-electron chi connectivity index (χ1n) is 9.62. The average Bonchev–Trinajstić information content (AvgIpc) is 3.09. The van der Waals surface area contributed by atoms with Gasteiger partial charge in [-0.25, -0.2) is 9.78 Å². The Kier molecular flexibility index (Phi) is 4.51. The maximum Gasteiger partial charge on any atom is 0.340 e. The number of nitrogens with zero attached hydrogens (tertiary/aromatic N) is 2. The molecule has 0 radical (unpaired) electrons. The van der Waals surface area contributed by atoms with Crippen LogP contribution in [0, 0.1) is 0 Å². The molecule has 0 fully saturated rings. The van der Waals surface area contributed by atoms with Gasteiger partial charge in [-0.15, -0.1) is 0 Å². The predicted molar refractivity (Wildman–Crippen MR) is 106 cm³/mol. The lowest BCUT2D eigenvalue weighted by molar-refractivity contribution is -0.157. The summed E-state index contributed by atoms with van der Waals surface area (Å²) in [5, 5.41) is 11.3. The Balaban J connectivity index is 0.000000932. The van der Waals surface area contributed by atoms with Crippen molar-refractivity contribution in [3.63, 3.8) is 0 Å². The number of aryl methyl sites for hydroxylation is 1. The van der Waals surface area contributed by atoms with Gasteiger partial charge in [0.15, 0.2) is 6.10 Å². The van der Waals surface area contributed by atoms with Crippen molar-refractivity contribution < 1.29 is 14.6 Å². The van der Waals surface area contributed by atoms with E-state index in [0.29, 0.717) is 23.4 Å². The maximum absolute atomic E-state index is 13.0. The Labute approximate surface area is 162 Å². The highest BCUT2D eigenvalue weighted by Gasteiger charge is 2.34. The summed E-state index contributed by atoms with van der Waals surface area (Å²) in [6.45, 7) is 6.44. The summed E-state index contributed by atoms with van der Waals surface area (Å²) in [6, 6.07) is 9.65. The number of hydrogen-bond donors (Lipinski definition) is 1. The first-order chi connectivity index (χ1) is 13.6. The fourth-order valence-corrected chi connectivity index (χ4v) is 4.06. The zero-order valence-electron chi connectivity index (χ0n) is 16.2. The van der Waals surface area contributed by atoms with E-state index in [0.717, 1.165) is 28.6 Å². The molecule has 6 heteroatoms. The molecule has 144 valence electrons. The average molecular weight is 378 g/mol. The van der Waals surface area contributed by atoms with Gasteiger partial charge in [0.1, 0.15) is 6.61 Å². The minimum absolute atomic E-state index is 0.100. The van der Waals surface area contributed by atoms with Crippen molar-refractivity contribution in [3.05, 3.63) is 62.9 Å². The van der Waals surface area contributed by atoms with Gasteiger partial charge >= 0.3 is 5.97 Å². The Morgan fingerprint density at radius 3 is 2.71 bits per heavy atom. The number of carbonyl (C=O) groups excluding carboxylic acids is 1. The summed E-state index contributed by atoms with van der Waals surface area (Å²) < 4.78 is 6.59. The molecule has 3 aromatic rings. The summed E-state index contributed by atoms with van der Waals surface area (Å²) in [5.41, 5.74) is 4.95. The van der Waals surface area contributed by atoms with Gasteiger partial charge in [-0.1, -0.05) is 39.0 Å². The van der Waals surface area contributed by atoms with Crippen molar-refractivity contribution in [2.24, 2.45) is 0 Å². The number of cyclic esters (lactones) is 1. The van der Waals surface area contributed by atoms with Gasteiger partial charge in [-0.05, 0) is 24.1 Å². The van der Waals surface area contributed by atoms with Crippen LogP contribution >= 0.6 is 0 Å². The predicted octanol–water partition coefficient (Wildman–Crippen LogP) is 3.10. The maximum atomic E-state index is 13.0. The third-order valence-corrected chi connectivity index (χ3v) is 5.34. The van der Waals surface area contributed by atoms with Gasteiger partial charge in [-0.2, -0.15) is 0 Å². The number of aromatic nitrogens is 2. The van der Waals surface area contributed by atoms with E-state index in [1.54, 1.807) is 10.6 Å². The number of aliphatic hydroxyl groups excluding tert-OH is 1. The highest BCUT2D eigenvalue weighted by Crippen LogP contribution is 2.37. The normalized spacial score (nSPS) is 16.6. The lowest BCUT2D eigenvalue weighted by Gasteiger charge is -2.21. The lowest BCUT2D eigenvalue weighted by Crippen LogP contribution is -2.32. The summed E-state index contributed by atoms with van der Waals surface area (Å²) in [7, 11) is 0. The second-order valence-corrected chi connectivity index (χ2v) is 6.65. The quantitative estimate of drug-likeness (QED) is 0.515. The molecule has 1 atom stereocenters. The van der Waals surface area contributed by atoms with Crippen LogP contribution in [0.25, 0.3) is 22.3 Å². The molecule has 0 bridgehead atoms. The van der Waals surface area contributed by atoms with Crippen molar-refractivity contribution >= 4 is 16.9 Å². The summed E-state index contributed by atoms with van der Waals surface area (Å²) in [6.07, 6.45) is -0.592. The van der Waals surface area contributed by atoms with Crippen LogP contribution in [0.3, 0.4) is 0 Å². The first kappa shape index (κ1) is 18.4. The van der Waals surface area contributed by atoms with Crippen molar-refractivity contribution in [1.82, 2.24) is 9.55 Å². The van der Waals surface area contributed by atoms with E-state index in [1.165, 1.54) is 5.56 Å². The highest BCUT2D eigenvalue weighted by atomic mass is 16.5. The zero-order valence-corrected chi connectivity index (χ0v) is 16.2. The number of aliphatic hydroxyl groups is 1. The van der Waals surface area contributed by atoms with Gasteiger partial charge in [-0.3, -0.25) is 4.79 Å². The van der Waals surface area contributed by atoms with Crippen LogP contribution in [0.2, 0.25) is 0 Å². The van der Waals surface area contributed by atoms with E-state index in [2.05, 4.69) is 13.0 Å². The van der Waals surface area contributed by atoms with Crippen molar-refractivity contribution in [3.8, 4) is 11.4 Å². The van der Waals surface area contributed by atoms with Crippen molar-refractivity contribution in [2.75, 3.05) is 0 Å². The molecule has 2 aromatic heterocycles. The molecular formula is C22H22N2O4. The number of pyridine rings is 2. The van der Waals surface area contributed by atoms with E-state index in [4.69, 9.17) is 9.72 Å². The molecule has 0 saturated carbocycles. The summed E-state index contributed by atoms with van der Waals surface area (Å²) >= 11 is 0. The molecule has 1 aromatic carbocycles. The number of fused-ring (bicyclic) bond motifs is 5. The Morgan fingerprint density at radius 2 is 1.96 bits per heavy atom. The number of rotatable bonds is 1. The van der Waals surface area contributed by atoms with Crippen LogP contribution in [0.5, 0.6) is 0 Å². The van der Waals surface area contributed by atoms with Crippen LogP contribution < -0.4 is 5.56 Å². The first-order valence-corrected chi connectivity index (χ1v) is 9.62. The third kappa shape index (κ3) is 2.48. The molecule has 0 aliphatic carbocycles. The van der Waals surface area contributed by atoms with E-state index in [1.807, 2.05) is 32.0 Å². The number of ether oxygens (including phenoxy) is 1. The molecule has 1 N–H and O–H groups in total. The summed E-state index contributed by atoms with van der Waals surface area (Å²) in [4.78, 5) is 29.4. The van der Waals surface area contributed by atoms with Crippen molar-refractivity contribution in [1.29, 1.82) is 0 Å². The molecule has 0 saturated heterocycles. The molecule has 5 rings (SSSR count). The number of hydrogen-bond acceptors (Lipinski definition) is 5. The van der Waals surface area contributed by atoms with Crippen LogP contribution in [-0.4, -0.2) is 20.6 Å². The molecule has 1 unspecified atom stereocenters. The molecule has 2 aliphatic heterocycles. The monoisotopic (exact) mass is 378 g/mol. The van der Waals surface area contributed by atoms with Gasteiger partial charge < -0.3 is 14.4 Å². The second-order valence-electron chi connectivity index (χ2n) is 6.65. The van der Waals surface area contributed by atoms with Crippen LogP contribution in [0.4, 0.5) is 0 Å². The number of para-hydroxylation sites is 1. The molecule has 28 heavy (non-hydrogen) atoms. The van der Waals surface area contributed by atoms with Gasteiger partial charge in [0.25, 0.3) is 5.56 Å². The van der Waals surface area contributed by atoms with Crippen molar-refractivity contribution in [2.45, 2.75) is 46.4 Å². The third-order valence-electron chi connectivity index (χ3n) is 5.34. The standard InChI is InChI=1S/C20H16N2O4.C2H6/c1-2-10-11-5-3-4-6-15(11)21-17-13(10)8-22-16(17)7-12-14(19(22)24)9-26-20(25)18(12)23;1-2/h3-7,18,23H,2,8-9H2,1H3;1-2H3. The van der Waals surface area contributed by atoms with E-state index in [9.17, 15) is 14.7 Å². The SMILES string of the molecule is CC.CCc1c2c(nc3ccccc13)-c1cc3c(c(=O)n1C2)COC(=O)C3O. The molecular weight excluding hydrogens is 356 g/mol. The summed E-state index contributed by atoms with van der Waals surface area (Å²) in [5.74, 6) is -0.721. The highest BCUT2D eigenvalue weighted by molar-refractivity contribution is 5.88. The van der Waals surface area contributed by atoms with Crippen LogP contribution in [0.1, 0.15) is 49.1 Å². The zero-order chi connectivity index (χ0) is 20.0. The minimum Gasteiger partial charge on any atom is -0.458 e. The molecule has 4 heterocycles. The number of carbonyl (C=O) groups is 1. The Bertz CT molecular complexity index is 1160. The fourth-order valence-electron chi connectivity index (χ4n) is 4.06. The van der Waals surface area contributed by atoms with E-state index < -0.39 is 12.1 Å². The smallest absolute Gasteiger partial charge is 0.340 e. The minimum atomic E-state index is -1.42. The van der Waals surface area contributed by atoms with Crippen LogP contribution in [-0.2, 0) is 29.1 Å². The van der Waals surface area contributed by atoms with Gasteiger partial charge in [0.05, 0.1) is 29.0 Å². The Hall–Kier alpha value is -2.99. The van der Waals surface area contributed by atoms with Gasteiger partial charge in [0.2, 0.25) is 0 Å². The molecule has 6 nitrogen and oxygen atoms in total. The van der Waals surface area contributed by atoms with Crippen LogP contribution in [0.15, 0.2) is 35.1 Å². The molecule has 0 spiro atoms. The topological polar surface area (TPSA) is 81.4 Å². The van der Waals surface area contributed by atoms with E-state index >= 15 is 0 Å².